The molecule has 4 heteroatoms. The van der Waals surface area contributed by atoms with Crippen LogP contribution >= 0.6 is 11.8 Å². The van der Waals surface area contributed by atoms with Crippen LogP contribution in [-0.2, 0) is 5.75 Å². The first-order valence-corrected chi connectivity index (χ1v) is 9.73. The van der Waals surface area contributed by atoms with E-state index in [-0.39, 0.29) is 5.91 Å². The Labute approximate surface area is 149 Å². The Hall–Kier alpha value is -1.94. The summed E-state index contributed by atoms with van der Waals surface area (Å²) >= 11 is 1.78. The Morgan fingerprint density at radius 2 is 1.75 bits per heavy atom. The van der Waals surface area contributed by atoms with Gasteiger partial charge in [0.2, 0.25) is 0 Å². The molecule has 3 nitrogen and oxygen atoms in total. The zero-order chi connectivity index (χ0) is 17.5. The van der Waals surface area contributed by atoms with E-state index in [1.54, 1.807) is 11.8 Å². The number of benzene rings is 2. The van der Waals surface area contributed by atoms with Crippen LogP contribution in [0.4, 0.5) is 11.4 Å². The molecule has 0 radical (unpaired) electrons. The minimum Gasteiger partial charge on any atom is -0.372 e. The molecule has 0 aliphatic carbocycles. The molecule has 2 aromatic rings. The van der Waals surface area contributed by atoms with Gasteiger partial charge in [-0.15, -0.1) is 0 Å². The molecule has 0 spiro atoms. The number of thioether (sulfide) groups is 1. The van der Waals surface area contributed by atoms with Gasteiger partial charge in [-0.05, 0) is 68.5 Å². The molecule has 1 amide bonds. The van der Waals surface area contributed by atoms with Crippen LogP contribution in [-0.4, -0.2) is 25.3 Å². The summed E-state index contributed by atoms with van der Waals surface area (Å²) in [5.41, 5.74) is 5.05. The molecule has 0 fully saturated rings. The van der Waals surface area contributed by atoms with Crippen LogP contribution in [0.5, 0.6) is 0 Å². The summed E-state index contributed by atoms with van der Waals surface area (Å²) in [7, 11) is 0. The maximum atomic E-state index is 12.4. The smallest absolute Gasteiger partial charge is 0.255 e. The summed E-state index contributed by atoms with van der Waals surface area (Å²) in [5, 5.41) is 3.02. The fourth-order valence-corrected chi connectivity index (χ4v) is 3.21. The molecule has 0 saturated heterocycles. The van der Waals surface area contributed by atoms with Crippen molar-refractivity contribution >= 4 is 29.0 Å². The summed E-state index contributed by atoms with van der Waals surface area (Å²) < 4.78 is 0. The third-order valence-corrected chi connectivity index (χ3v) is 4.74. The van der Waals surface area contributed by atoms with Crippen LogP contribution in [0, 0.1) is 6.92 Å². The van der Waals surface area contributed by atoms with E-state index < -0.39 is 0 Å². The fourth-order valence-electron chi connectivity index (χ4n) is 2.69. The largest absolute Gasteiger partial charge is 0.372 e. The predicted octanol–water partition coefficient (Wildman–Crippen LogP) is 4.96. The van der Waals surface area contributed by atoms with E-state index in [4.69, 9.17) is 0 Å². The van der Waals surface area contributed by atoms with E-state index in [0.29, 0.717) is 5.56 Å². The Kier molecular flexibility index (Phi) is 6.73. The van der Waals surface area contributed by atoms with Gasteiger partial charge in [-0.3, -0.25) is 4.79 Å². The Morgan fingerprint density at radius 3 is 2.29 bits per heavy atom. The van der Waals surface area contributed by atoms with Crippen molar-refractivity contribution < 1.29 is 4.79 Å². The van der Waals surface area contributed by atoms with Crippen molar-refractivity contribution in [1.29, 1.82) is 0 Å². The second kappa shape index (κ2) is 8.78. The van der Waals surface area contributed by atoms with Crippen LogP contribution in [0.25, 0.3) is 0 Å². The highest BCUT2D eigenvalue weighted by Crippen LogP contribution is 2.23. The first-order chi connectivity index (χ1) is 11.6. The van der Waals surface area contributed by atoms with E-state index in [1.165, 1.54) is 11.3 Å². The van der Waals surface area contributed by atoms with Gasteiger partial charge in [0.15, 0.2) is 0 Å². The van der Waals surface area contributed by atoms with Gasteiger partial charge in [0.05, 0.1) is 0 Å². The number of aryl methyl sites for hydroxylation is 1. The topological polar surface area (TPSA) is 32.3 Å². The average molecular weight is 343 g/mol. The molecular weight excluding hydrogens is 316 g/mol. The Morgan fingerprint density at radius 1 is 1.08 bits per heavy atom. The molecule has 0 atom stereocenters. The van der Waals surface area contributed by atoms with Gasteiger partial charge in [0.25, 0.3) is 5.91 Å². The van der Waals surface area contributed by atoms with E-state index in [1.807, 2.05) is 37.3 Å². The maximum Gasteiger partial charge on any atom is 0.255 e. The third-order valence-electron chi connectivity index (χ3n) is 4.11. The van der Waals surface area contributed by atoms with E-state index in [9.17, 15) is 4.79 Å². The normalized spacial score (nSPS) is 10.5. The minimum absolute atomic E-state index is 0.0654. The third kappa shape index (κ3) is 4.54. The van der Waals surface area contributed by atoms with E-state index >= 15 is 0 Å². The number of anilines is 2. The molecule has 0 unspecified atom stereocenters. The lowest BCUT2D eigenvalue weighted by Gasteiger charge is -2.22. The lowest BCUT2D eigenvalue weighted by molar-refractivity contribution is 0.102. The van der Waals surface area contributed by atoms with Crippen molar-refractivity contribution in [3.8, 4) is 0 Å². The summed E-state index contributed by atoms with van der Waals surface area (Å²) in [6, 6.07) is 14.0. The molecule has 0 aromatic heterocycles. The van der Waals surface area contributed by atoms with Gasteiger partial charge in [0.1, 0.15) is 0 Å². The fraction of sp³-hybridized carbons (Fsp3) is 0.350. The number of amides is 1. The summed E-state index contributed by atoms with van der Waals surface area (Å²) in [6.45, 7) is 8.28. The van der Waals surface area contributed by atoms with Crippen LogP contribution in [0.2, 0.25) is 0 Å². The predicted molar refractivity (Wildman–Crippen MR) is 106 cm³/mol. The van der Waals surface area contributed by atoms with Gasteiger partial charge in [0, 0.05) is 35.8 Å². The standard InChI is InChI=1S/C20H26N2OS/c1-5-22(6-2)18-11-12-19(15(3)13-18)21-20(23)17-9-7-16(8-10-17)14-24-4/h7-13H,5-6,14H2,1-4H3,(H,21,23). The molecule has 0 bridgehead atoms. The molecule has 0 aliphatic heterocycles. The molecule has 2 rings (SSSR count). The Balaban J connectivity index is 2.11. The second-order valence-corrected chi connectivity index (χ2v) is 6.62. The number of nitrogens with zero attached hydrogens (tertiary/aromatic N) is 1. The first kappa shape index (κ1) is 18.4. The van der Waals surface area contributed by atoms with Crippen molar-refractivity contribution in [1.82, 2.24) is 0 Å². The van der Waals surface area contributed by atoms with Gasteiger partial charge < -0.3 is 10.2 Å². The first-order valence-electron chi connectivity index (χ1n) is 8.33. The number of nitrogens with one attached hydrogen (secondary N) is 1. The molecule has 128 valence electrons. The number of hydrogen-bond acceptors (Lipinski definition) is 3. The van der Waals surface area contributed by atoms with Gasteiger partial charge >= 0.3 is 0 Å². The molecule has 24 heavy (non-hydrogen) atoms. The minimum atomic E-state index is -0.0654. The quantitative estimate of drug-likeness (QED) is 0.772. The van der Waals surface area contributed by atoms with Crippen LogP contribution in [0.3, 0.4) is 0 Å². The molecule has 0 aliphatic rings. The van der Waals surface area contributed by atoms with Crippen molar-refractivity contribution in [3.05, 3.63) is 59.2 Å². The highest BCUT2D eigenvalue weighted by atomic mass is 32.2. The highest BCUT2D eigenvalue weighted by Gasteiger charge is 2.09. The van der Waals surface area contributed by atoms with Gasteiger partial charge in [-0.1, -0.05) is 12.1 Å². The monoisotopic (exact) mass is 342 g/mol. The average Bonchev–Trinajstić information content (AvgIpc) is 2.59. The lowest BCUT2D eigenvalue weighted by Crippen LogP contribution is -2.22. The molecule has 2 aromatic carbocycles. The van der Waals surface area contributed by atoms with Crippen LogP contribution in [0.1, 0.15) is 35.3 Å². The van der Waals surface area contributed by atoms with Crippen molar-refractivity contribution in [2.75, 3.05) is 29.6 Å². The van der Waals surface area contributed by atoms with Crippen molar-refractivity contribution in [2.24, 2.45) is 0 Å². The summed E-state index contributed by atoms with van der Waals surface area (Å²) in [6.07, 6.45) is 2.07. The van der Waals surface area contributed by atoms with E-state index in [0.717, 1.165) is 30.1 Å². The molecule has 0 heterocycles. The highest BCUT2D eigenvalue weighted by molar-refractivity contribution is 7.97. The second-order valence-electron chi connectivity index (χ2n) is 5.76. The van der Waals surface area contributed by atoms with Gasteiger partial charge in [-0.2, -0.15) is 11.8 Å². The zero-order valence-corrected chi connectivity index (χ0v) is 15.7. The number of rotatable bonds is 7. The number of hydrogen-bond donors (Lipinski definition) is 1. The summed E-state index contributed by atoms with van der Waals surface area (Å²) in [4.78, 5) is 14.7. The van der Waals surface area contributed by atoms with Crippen molar-refractivity contribution in [3.63, 3.8) is 0 Å². The number of carbonyl (C=O) groups excluding carboxylic acids is 1. The summed E-state index contributed by atoms with van der Waals surface area (Å²) in [5.74, 6) is 0.901. The molecular formula is C20H26N2OS. The van der Waals surface area contributed by atoms with Crippen LogP contribution in [0.15, 0.2) is 42.5 Å². The van der Waals surface area contributed by atoms with E-state index in [2.05, 4.69) is 42.5 Å². The molecule has 1 N–H and O–H groups in total. The maximum absolute atomic E-state index is 12.4. The van der Waals surface area contributed by atoms with Crippen LogP contribution < -0.4 is 10.2 Å². The lowest BCUT2D eigenvalue weighted by atomic mass is 10.1. The SMILES string of the molecule is CCN(CC)c1ccc(NC(=O)c2ccc(CSC)cc2)c(C)c1. The van der Waals surface area contributed by atoms with Crippen molar-refractivity contribution in [2.45, 2.75) is 26.5 Å². The number of carbonyl (C=O) groups is 1. The molecule has 0 saturated carbocycles. The zero-order valence-electron chi connectivity index (χ0n) is 14.9. The Bertz CT molecular complexity index is 679. The van der Waals surface area contributed by atoms with Gasteiger partial charge in [-0.25, -0.2) is 0 Å².